The maximum absolute atomic E-state index is 13.9. The van der Waals surface area contributed by atoms with Crippen molar-refractivity contribution in [3.63, 3.8) is 0 Å². The molecule has 0 bridgehead atoms. The molecule has 1 rings (SSSR count). The smallest absolute Gasteiger partial charge is 0.305 e. The zero-order valence-electron chi connectivity index (χ0n) is 10.5. The van der Waals surface area contributed by atoms with Gasteiger partial charge < -0.3 is 5.11 Å². The third-order valence-electron chi connectivity index (χ3n) is 2.95. The molecular weight excluding hydrogens is 257 g/mol. The second kappa shape index (κ2) is 6.71. The first-order valence-electron chi connectivity index (χ1n) is 5.91. The van der Waals surface area contributed by atoms with E-state index >= 15 is 0 Å². The van der Waals surface area contributed by atoms with Crippen molar-refractivity contribution in [1.29, 1.82) is 0 Å². The molecule has 0 spiro atoms. The number of carboxylic acids is 1. The van der Waals surface area contributed by atoms with Gasteiger partial charge in [-0.25, -0.2) is 4.39 Å². The molecule has 0 aliphatic carbocycles. The molecular formula is C13H17ClFNO2. The fourth-order valence-electron chi connectivity index (χ4n) is 2.07. The zero-order valence-corrected chi connectivity index (χ0v) is 11.2. The summed E-state index contributed by atoms with van der Waals surface area (Å²) in [7, 11) is 0. The lowest BCUT2D eigenvalue weighted by Crippen LogP contribution is -2.31. The fourth-order valence-corrected chi connectivity index (χ4v) is 2.36. The first kappa shape index (κ1) is 14.9. The van der Waals surface area contributed by atoms with E-state index < -0.39 is 17.8 Å². The van der Waals surface area contributed by atoms with Crippen LogP contribution in [0.1, 0.15) is 31.9 Å². The number of nitrogens with zero attached hydrogens (tertiary/aromatic N) is 1. The third-order valence-corrected chi connectivity index (χ3v) is 3.28. The van der Waals surface area contributed by atoms with E-state index in [2.05, 4.69) is 0 Å². The van der Waals surface area contributed by atoms with E-state index in [0.717, 1.165) is 0 Å². The minimum atomic E-state index is -0.966. The van der Waals surface area contributed by atoms with Crippen molar-refractivity contribution in [3.8, 4) is 0 Å². The van der Waals surface area contributed by atoms with E-state index in [-0.39, 0.29) is 17.0 Å². The highest BCUT2D eigenvalue weighted by Gasteiger charge is 2.26. The van der Waals surface area contributed by atoms with Crippen LogP contribution in [0.4, 0.5) is 4.39 Å². The van der Waals surface area contributed by atoms with E-state index in [1.807, 2.05) is 18.7 Å². The Balaban J connectivity index is 3.20. The molecule has 0 aromatic heterocycles. The van der Waals surface area contributed by atoms with Crippen LogP contribution in [0.5, 0.6) is 0 Å². The summed E-state index contributed by atoms with van der Waals surface area (Å²) in [5, 5.41) is 9.25. The van der Waals surface area contributed by atoms with Crippen LogP contribution in [0.3, 0.4) is 0 Å². The lowest BCUT2D eigenvalue weighted by molar-refractivity contribution is -0.138. The summed E-state index contributed by atoms with van der Waals surface area (Å²) in [5.41, 5.74) is 0.269. The van der Waals surface area contributed by atoms with Gasteiger partial charge in [-0.15, -0.1) is 0 Å². The van der Waals surface area contributed by atoms with E-state index in [9.17, 15) is 9.18 Å². The Morgan fingerprint density at radius 2 is 2.06 bits per heavy atom. The van der Waals surface area contributed by atoms with Gasteiger partial charge in [0, 0.05) is 16.6 Å². The molecule has 0 radical (unpaired) electrons. The molecule has 100 valence electrons. The van der Waals surface area contributed by atoms with Gasteiger partial charge in [0.25, 0.3) is 0 Å². The predicted octanol–water partition coefficient (Wildman–Crippen LogP) is 3.34. The molecule has 18 heavy (non-hydrogen) atoms. The zero-order chi connectivity index (χ0) is 13.7. The van der Waals surface area contributed by atoms with Gasteiger partial charge in [-0.3, -0.25) is 9.69 Å². The van der Waals surface area contributed by atoms with Gasteiger partial charge in [-0.2, -0.15) is 0 Å². The average Bonchev–Trinajstić information content (AvgIpc) is 2.29. The first-order chi connectivity index (χ1) is 8.51. The van der Waals surface area contributed by atoms with Crippen LogP contribution in [0.2, 0.25) is 5.02 Å². The topological polar surface area (TPSA) is 40.5 Å². The van der Waals surface area contributed by atoms with Crippen molar-refractivity contribution in [2.45, 2.75) is 26.3 Å². The van der Waals surface area contributed by atoms with Gasteiger partial charge in [0.2, 0.25) is 0 Å². The van der Waals surface area contributed by atoms with Crippen molar-refractivity contribution in [3.05, 3.63) is 34.6 Å². The number of hydrogen-bond donors (Lipinski definition) is 1. The van der Waals surface area contributed by atoms with E-state index in [1.54, 1.807) is 6.07 Å². The van der Waals surface area contributed by atoms with Crippen molar-refractivity contribution >= 4 is 17.6 Å². The highest BCUT2D eigenvalue weighted by atomic mass is 35.5. The molecule has 5 heteroatoms. The summed E-state index contributed by atoms with van der Waals surface area (Å²) in [6, 6.07) is 3.87. The molecule has 0 amide bonds. The molecule has 1 N–H and O–H groups in total. The maximum atomic E-state index is 13.9. The number of carbonyl (C=O) groups is 1. The largest absolute Gasteiger partial charge is 0.481 e. The fraction of sp³-hybridized carbons (Fsp3) is 0.462. The lowest BCUT2D eigenvalue weighted by atomic mass is 10.0. The normalized spacial score (nSPS) is 12.7. The SMILES string of the molecule is CCN(CC)C(CC(=O)O)c1c(F)cccc1Cl. The lowest BCUT2D eigenvalue weighted by Gasteiger charge is -2.29. The van der Waals surface area contributed by atoms with Gasteiger partial charge in [0.1, 0.15) is 5.82 Å². The average molecular weight is 274 g/mol. The molecule has 1 aromatic rings. The van der Waals surface area contributed by atoms with Crippen molar-refractivity contribution in [2.24, 2.45) is 0 Å². The minimum Gasteiger partial charge on any atom is -0.481 e. The van der Waals surface area contributed by atoms with E-state index in [0.29, 0.717) is 13.1 Å². The van der Waals surface area contributed by atoms with Crippen molar-refractivity contribution in [1.82, 2.24) is 4.90 Å². The summed E-state index contributed by atoms with van der Waals surface area (Å²) >= 11 is 6.01. The quantitative estimate of drug-likeness (QED) is 0.864. The number of rotatable bonds is 6. The van der Waals surface area contributed by atoms with Crippen LogP contribution in [0.25, 0.3) is 0 Å². The molecule has 0 heterocycles. The van der Waals surface area contributed by atoms with Crippen LogP contribution in [-0.4, -0.2) is 29.1 Å². The van der Waals surface area contributed by atoms with Crippen molar-refractivity contribution < 1.29 is 14.3 Å². The van der Waals surface area contributed by atoms with Crippen LogP contribution in [-0.2, 0) is 4.79 Å². The highest BCUT2D eigenvalue weighted by Crippen LogP contribution is 2.32. The molecule has 0 aliphatic heterocycles. The number of hydrogen-bond acceptors (Lipinski definition) is 2. The second-order valence-electron chi connectivity index (χ2n) is 3.97. The van der Waals surface area contributed by atoms with Gasteiger partial charge in [0.05, 0.1) is 6.42 Å². The number of benzene rings is 1. The summed E-state index contributed by atoms with van der Waals surface area (Å²) in [6.07, 6.45) is -0.164. The predicted molar refractivity (Wildman–Crippen MR) is 69.3 cm³/mol. The monoisotopic (exact) mass is 273 g/mol. The number of halogens is 2. The Hall–Kier alpha value is -1.13. The molecule has 0 aliphatic rings. The maximum Gasteiger partial charge on any atom is 0.305 e. The summed E-state index contributed by atoms with van der Waals surface area (Å²) in [4.78, 5) is 12.8. The number of carboxylic acid groups (broad SMARTS) is 1. The molecule has 3 nitrogen and oxygen atoms in total. The molecule has 1 aromatic carbocycles. The third kappa shape index (κ3) is 3.43. The molecule has 0 saturated heterocycles. The Morgan fingerprint density at radius 1 is 1.44 bits per heavy atom. The van der Waals surface area contributed by atoms with Crippen LogP contribution >= 0.6 is 11.6 Å². The molecule has 1 unspecified atom stereocenters. The van der Waals surface area contributed by atoms with Crippen LogP contribution in [0, 0.1) is 5.82 Å². The molecule has 0 fully saturated rings. The molecule has 0 saturated carbocycles. The van der Waals surface area contributed by atoms with Gasteiger partial charge >= 0.3 is 5.97 Å². The number of aliphatic carboxylic acids is 1. The van der Waals surface area contributed by atoms with Gasteiger partial charge in [-0.05, 0) is 25.2 Å². The Bertz CT molecular complexity index is 401. The van der Waals surface area contributed by atoms with E-state index in [4.69, 9.17) is 16.7 Å². The van der Waals surface area contributed by atoms with Gasteiger partial charge in [0.15, 0.2) is 0 Å². The van der Waals surface area contributed by atoms with Crippen molar-refractivity contribution in [2.75, 3.05) is 13.1 Å². The van der Waals surface area contributed by atoms with Crippen LogP contribution < -0.4 is 0 Å². The molecule has 1 atom stereocenters. The van der Waals surface area contributed by atoms with E-state index in [1.165, 1.54) is 12.1 Å². The van der Waals surface area contributed by atoms with Gasteiger partial charge in [-0.1, -0.05) is 31.5 Å². The Labute approximate surface area is 111 Å². The highest BCUT2D eigenvalue weighted by molar-refractivity contribution is 6.31. The summed E-state index contributed by atoms with van der Waals surface area (Å²) in [5.74, 6) is -1.42. The van der Waals surface area contributed by atoms with Crippen LogP contribution in [0.15, 0.2) is 18.2 Å². The second-order valence-corrected chi connectivity index (χ2v) is 4.38. The standard InChI is InChI=1S/C13H17ClFNO2/c1-3-16(4-2)11(8-12(17)18)13-9(14)6-5-7-10(13)15/h5-7,11H,3-4,8H2,1-2H3,(H,17,18). The minimum absolute atomic E-state index is 0.164. The summed E-state index contributed by atoms with van der Waals surface area (Å²) in [6.45, 7) is 5.10. The summed E-state index contributed by atoms with van der Waals surface area (Å²) < 4.78 is 13.9. The first-order valence-corrected chi connectivity index (χ1v) is 6.28. The Morgan fingerprint density at radius 3 is 2.50 bits per heavy atom. The Kier molecular flexibility index (Phi) is 5.56.